The second-order valence-electron chi connectivity index (χ2n) is 6.35. The molecular weight excluding hydrogens is 387 g/mol. The third kappa shape index (κ3) is 3.99. The summed E-state index contributed by atoms with van der Waals surface area (Å²) >= 11 is 0. The quantitative estimate of drug-likeness (QED) is 0.673. The van der Waals surface area contributed by atoms with E-state index in [9.17, 15) is 18.4 Å². The number of nitrogens with one attached hydrogen (secondary N) is 2. The molecule has 3 aromatic rings. The highest BCUT2D eigenvalue weighted by Crippen LogP contribution is 2.34. The Morgan fingerprint density at radius 3 is 2.59 bits per heavy atom. The normalized spacial score (nSPS) is 13.6. The number of hydrogen-bond acceptors (Lipinski definition) is 7. The number of halogens is 3. The van der Waals surface area contributed by atoms with E-state index >= 15 is 0 Å². The summed E-state index contributed by atoms with van der Waals surface area (Å²) in [5, 5.41) is 28.6. The summed E-state index contributed by atoms with van der Waals surface area (Å²) in [5.74, 6) is -0.362. The zero-order valence-electron chi connectivity index (χ0n) is 14.7. The van der Waals surface area contributed by atoms with E-state index in [2.05, 4.69) is 25.5 Å². The summed E-state index contributed by atoms with van der Waals surface area (Å²) in [7, 11) is 0. The van der Waals surface area contributed by atoms with Crippen LogP contribution in [-0.4, -0.2) is 27.0 Å². The Bertz CT molecular complexity index is 1170. The molecule has 0 bridgehead atoms. The first-order valence-corrected chi connectivity index (χ1v) is 8.48. The summed E-state index contributed by atoms with van der Waals surface area (Å²) < 4.78 is 43.5. The maximum absolute atomic E-state index is 12.7. The summed E-state index contributed by atoms with van der Waals surface area (Å²) in [6.45, 7) is 0. The van der Waals surface area contributed by atoms with Crippen molar-refractivity contribution >= 4 is 22.8 Å². The van der Waals surface area contributed by atoms with Gasteiger partial charge in [-0.15, -0.1) is 18.3 Å². The summed E-state index contributed by atoms with van der Waals surface area (Å²) in [6, 6.07) is 9.16. The van der Waals surface area contributed by atoms with E-state index in [4.69, 9.17) is 5.26 Å². The van der Waals surface area contributed by atoms with Crippen LogP contribution in [0.1, 0.15) is 24.1 Å². The third-order valence-electron chi connectivity index (χ3n) is 4.12. The standard InChI is InChI=1S/C18H12F3N7O/c19-18(20,21)29-15-4-1-10(7-22)5-13(15)26-16-6-14(25-11-2-3-11)17-24-9-12(8-23)28(17)27-16/h1,4-6,9,11,25H,2-3H2,(H,26,27). The van der Waals surface area contributed by atoms with Crippen LogP contribution < -0.4 is 15.4 Å². The predicted molar refractivity (Wildman–Crippen MR) is 95.5 cm³/mol. The average Bonchev–Trinajstić information content (AvgIpc) is 3.38. The minimum atomic E-state index is -4.90. The van der Waals surface area contributed by atoms with E-state index in [1.807, 2.05) is 12.1 Å². The lowest BCUT2D eigenvalue weighted by molar-refractivity contribution is -0.274. The van der Waals surface area contributed by atoms with Gasteiger partial charge in [0.05, 0.1) is 29.2 Å². The number of ether oxygens (including phenoxy) is 1. The van der Waals surface area contributed by atoms with Crippen LogP contribution in [0.5, 0.6) is 5.75 Å². The van der Waals surface area contributed by atoms with Crippen molar-refractivity contribution < 1.29 is 17.9 Å². The van der Waals surface area contributed by atoms with E-state index in [-0.39, 0.29) is 28.8 Å². The lowest BCUT2D eigenvalue weighted by Gasteiger charge is -2.15. The van der Waals surface area contributed by atoms with E-state index in [0.29, 0.717) is 11.3 Å². The molecule has 1 aromatic carbocycles. The molecule has 1 fully saturated rings. The molecule has 1 saturated carbocycles. The number of imidazole rings is 1. The first-order chi connectivity index (χ1) is 13.9. The van der Waals surface area contributed by atoms with Gasteiger partial charge in [0.2, 0.25) is 0 Å². The number of alkyl halides is 3. The van der Waals surface area contributed by atoms with Gasteiger partial charge in [-0.05, 0) is 31.0 Å². The Hall–Kier alpha value is -3.99. The second kappa shape index (κ2) is 6.87. The van der Waals surface area contributed by atoms with Crippen molar-refractivity contribution in [1.82, 2.24) is 14.6 Å². The molecule has 0 radical (unpaired) electrons. The minimum Gasteiger partial charge on any atom is -0.404 e. The van der Waals surface area contributed by atoms with E-state index in [1.54, 1.807) is 6.07 Å². The van der Waals surface area contributed by atoms with Crippen molar-refractivity contribution in [2.75, 3.05) is 10.6 Å². The molecular formula is C18H12F3N7O. The Morgan fingerprint density at radius 1 is 1.14 bits per heavy atom. The molecule has 0 saturated heterocycles. The molecule has 1 aliphatic rings. The van der Waals surface area contributed by atoms with Crippen LogP contribution in [0.3, 0.4) is 0 Å². The molecule has 0 aliphatic heterocycles. The van der Waals surface area contributed by atoms with E-state index in [0.717, 1.165) is 18.9 Å². The summed E-state index contributed by atoms with van der Waals surface area (Å²) in [5.41, 5.74) is 1.22. The lowest BCUT2D eigenvalue weighted by atomic mass is 10.2. The SMILES string of the molecule is N#Cc1ccc(OC(F)(F)F)c(Nc2cc(NC3CC3)c3ncc(C#N)n3n2)c1. The van der Waals surface area contributed by atoms with Crippen LogP contribution in [0.25, 0.3) is 5.65 Å². The molecule has 0 unspecified atom stereocenters. The number of hydrogen-bond donors (Lipinski definition) is 2. The first kappa shape index (κ1) is 18.4. The van der Waals surface area contributed by atoms with Gasteiger partial charge in [0, 0.05) is 12.1 Å². The number of aromatic nitrogens is 3. The molecule has 8 nitrogen and oxygen atoms in total. The fourth-order valence-electron chi connectivity index (χ4n) is 2.71. The Labute approximate surface area is 162 Å². The van der Waals surface area contributed by atoms with E-state index < -0.39 is 12.1 Å². The molecule has 0 atom stereocenters. The maximum atomic E-state index is 12.7. The van der Waals surface area contributed by atoms with Crippen molar-refractivity contribution in [2.24, 2.45) is 0 Å². The van der Waals surface area contributed by atoms with Gasteiger partial charge in [0.25, 0.3) is 0 Å². The van der Waals surface area contributed by atoms with Crippen LogP contribution in [0.2, 0.25) is 0 Å². The van der Waals surface area contributed by atoms with Gasteiger partial charge in [-0.2, -0.15) is 15.0 Å². The molecule has 4 rings (SSSR count). The Kier molecular flexibility index (Phi) is 4.35. The number of anilines is 3. The van der Waals surface area contributed by atoms with Gasteiger partial charge in [-0.25, -0.2) is 4.98 Å². The number of fused-ring (bicyclic) bond motifs is 1. The van der Waals surface area contributed by atoms with Crippen LogP contribution in [0.4, 0.5) is 30.4 Å². The minimum absolute atomic E-state index is 0.0933. The zero-order chi connectivity index (χ0) is 20.6. The molecule has 1 aliphatic carbocycles. The topological polar surface area (TPSA) is 111 Å². The number of nitrogens with zero attached hydrogens (tertiary/aromatic N) is 5. The molecule has 2 heterocycles. The van der Waals surface area contributed by atoms with Crippen molar-refractivity contribution in [3.05, 3.63) is 41.7 Å². The fraction of sp³-hybridized carbons (Fsp3) is 0.222. The van der Waals surface area contributed by atoms with Gasteiger partial charge >= 0.3 is 6.36 Å². The highest BCUT2D eigenvalue weighted by Gasteiger charge is 2.32. The van der Waals surface area contributed by atoms with Gasteiger partial charge in [0.15, 0.2) is 22.9 Å². The Morgan fingerprint density at radius 2 is 1.93 bits per heavy atom. The van der Waals surface area contributed by atoms with Crippen molar-refractivity contribution in [2.45, 2.75) is 25.2 Å². The van der Waals surface area contributed by atoms with Gasteiger partial charge < -0.3 is 15.4 Å². The molecule has 0 amide bonds. The number of benzene rings is 1. The number of nitriles is 2. The molecule has 29 heavy (non-hydrogen) atoms. The van der Waals surface area contributed by atoms with Crippen LogP contribution in [0.15, 0.2) is 30.5 Å². The van der Waals surface area contributed by atoms with Crippen LogP contribution in [-0.2, 0) is 0 Å². The van der Waals surface area contributed by atoms with Gasteiger partial charge in [-0.3, -0.25) is 0 Å². The Balaban J connectivity index is 1.77. The maximum Gasteiger partial charge on any atom is 0.573 e. The molecule has 2 N–H and O–H groups in total. The zero-order valence-corrected chi connectivity index (χ0v) is 14.7. The van der Waals surface area contributed by atoms with Gasteiger partial charge in [0.1, 0.15) is 6.07 Å². The monoisotopic (exact) mass is 399 g/mol. The van der Waals surface area contributed by atoms with Crippen LogP contribution in [0, 0.1) is 22.7 Å². The molecule has 0 spiro atoms. The second-order valence-corrected chi connectivity index (χ2v) is 6.35. The third-order valence-corrected chi connectivity index (χ3v) is 4.12. The first-order valence-electron chi connectivity index (χ1n) is 8.48. The summed E-state index contributed by atoms with van der Waals surface area (Å²) in [4.78, 5) is 4.18. The largest absolute Gasteiger partial charge is 0.573 e. The van der Waals surface area contributed by atoms with Crippen molar-refractivity contribution in [3.63, 3.8) is 0 Å². The fourth-order valence-corrected chi connectivity index (χ4v) is 2.71. The highest BCUT2D eigenvalue weighted by atomic mass is 19.4. The molecule has 11 heteroatoms. The smallest absolute Gasteiger partial charge is 0.404 e. The molecule has 146 valence electrons. The van der Waals surface area contributed by atoms with Gasteiger partial charge in [-0.1, -0.05) is 0 Å². The van der Waals surface area contributed by atoms with E-state index in [1.165, 1.54) is 22.8 Å². The number of rotatable bonds is 5. The van der Waals surface area contributed by atoms with Crippen LogP contribution >= 0.6 is 0 Å². The van der Waals surface area contributed by atoms with Crippen molar-refractivity contribution in [1.29, 1.82) is 10.5 Å². The summed E-state index contributed by atoms with van der Waals surface area (Å²) in [6.07, 6.45) is -1.58. The molecule has 2 aromatic heterocycles. The average molecular weight is 399 g/mol. The predicted octanol–water partition coefficient (Wildman–Crippen LogP) is 3.69. The van der Waals surface area contributed by atoms with Crippen molar-refractivity contribution in [3.8, 4) is 17.9 Å². The lowest BCUT2D eigenvalue weighted by Crippen LogP contribution is -2.18. The highest BCUT2D eigenvalue weighted by molar-refractivity contribution is 5.75.